The quantitative estimate of drug-likeness (QED) is 0.415. The minimum absolute atomic E-state index is 0.193. The molecule has 1 amide bonds. The molecule has 0 radical (unpaired) electrons. The Hall–Kier alpha value is -1.37. The van der Waals surface area contributed by atoms with E-state index in [1.165, 1.54) is 0 Å². The molecular formula is C21H37NO4Si. The Morgan fingerprint density at radius 1 is 1.15 bits per heavy atom. The largest absolute Gasteiger partial charge is 0.445 e. The summed E-state index contributed by atoms with van der Waals surface area (Å²) in [7, 11) is -1.73. The normalized spacial score (nSPS) is 13.3. The number of benzene rings is 1. The summed E-state index contributed by atoms with van der Waals surface area (Å²) in [5.41, 5.74) is 0.968. The molecule has 5 nitrogen and oxygen atoms in total. The monoisotopic (exact) mass is 395 g/mol. The fourth-order valence-corrected chi connectivity index (χ4v) is 3.34. The summed E-state index contributed by atoms with van der Waals surface area (Å²) in [4.78, 5) is 11.6. The SMILES string of the molecule is CC(C)(C)[Si](C)(C)OCC[C@H](O)CCCCNC(=O)OCc1ccccc1. The van der Waals surface area contributed by atoms with E-state index in [0.29, 0.717) is 19.6 Å². The molecule has 0 aliphatic heterocycles. The van der Waals surface area contributed by atoms with Crippen LogP contribution in [0.3, 0.4) is 0 Å². The van der Waals surface area contributed by atoms with Crippen molar-refractivity contribution < 1.29 is 19.1 Å². The Balaban J connectivity index is 2.04. The van der Waals surface area contributed by atoms with E-state index in [1.54, 1.807) is 0 Å². The Labute approximate surface area is 165 Å². The lowest BCUT2D eigenvalue weighted by atomic mass is 10.1. The van der Waals surface area contributed by atoms with Crippen molar-refractivity contribution in [2.24, 2.45) is 0 Å². The van der Waals surface area contributed by atoms with Crippen LogP contribution < -0.4 is 5.32 Å². The number of aliphatic hydroxyl groups excluding tert-OH is 1. The zero-order valence-electron chi connectivity index (χ0n) is 17.6. The van der Waals surface area contributed by atoms with E-state index in [4.69, 9.17) is 9.16 Å². The number of nitrogens with one attached hydrogen (secondary N) is 1. The zero-order valence-corrected chi connectivity index (χ0v) is 18.6. The fraction of sp³-hybridized carbons (Fsp3) is 0.667. The first-order chi connectivity index (χ1) is 12.6. The standard InChI is InChI=1S/C21H37NO4Si/c1-21(2,3)27(4,5)26-16-14-19(23)13-9-10-15-22-20(24)25-17-18-11-7-6-8-12-18/h6-8,11-12,19,23H,9-10,13-17H2,1-5H3,(H,22,24)/t19-/m1/s1. The van der Waals surface area contributed by atoms with Crippen LogP contribution in [0.1, 0.15) is 52.0 Å². The molecule has 27 heavy (non-hydrogen) atoms. The minimum Gasteiger partial charge on any atom is -0.445 e. The third-order valence-electron chi connectivity index (χ3n) is 5.17. The van der Waals surface area contributed by atoms with Crippen LogP contribution in [0.15, 0.2) is 30.3 Å². The first kappa shape index (κ1) is 23.7. The van der Waals surface area contributed by atoms with Crippen molar-refractivity contribution in [2.75, 3.05) is 13.2 Å². The molecule has 1 aromatic rings. The molecule has 1 rings (SSSR count). The molecular weight excluding hydrogens is 358 g/mol. The van der Waals surface area contributed by atoms with E-state index in [-0.39, 0.29) is 17.7 Å². The molecule has 0 bridgehead atoms. The number of amides is 1. The number of hydrogen-bond donors (Lipinski definition) is 2. The number of rotatable bonds is 11. The highest BCUT2D eigenvalue weighted by atomic mass is 28.4. The van der Waals surface area contributed by atoms with Crippen molar-refractivity contribution >= 4 is 14.4 Å². The maximum Gasteiger partial charge on any atom is 0.407 e. The van der Waals surface area contributed by atoms with Crippen LogP contribution in [0.5, 0.6) is 0 Å². The second kappa shape index (κ2) is 11.5. The van der Waals surface area contributed by atoms with Gasteiger partial charge in [0.1, 0.15) is 6.61 Å². The maximum atomic E-state index is 11.6. The van der Waals surface area contributed by atoms with Crippen molar-refractivity contribution in [1.82, 2.24) is 5.32 Å². The topological polar surface area (TPSA) is 67.8 Å². The van der Waals surface area contributed by atoms with E-state index in [2.05, 4.69) is 39.2 Å². The highest BCUT2D eigenvalue weighted by Gasteiger charge is 2.36. The first-order valence-corrected chi connectivity index (χ1v) is 12.8. The van der Waals surface area contributed by atoms with Crippen LogP contribution in [0.4, 0.5) is 4.79 Å². The Kier molecular flexibility index (Phi) is 10.0. The smallest absolute Gasteiger partial charge is 0.407 e. The Bertz CT molecular complexity index is 543. The van der Waals surface area contributed by atoms with Crippen LogP contribution in [-0.2, 0) is 15.8 Å². The molecule has 0 aliphatic rings. The highest BCUT2D eigenvalue weighted by molar-refractivity contribution is 6.74. The van der Waals surface area contributed by atoms with Gasteiger partial charge in [0, 0.05) is 13.2 Å². The first-order valence-electron chi connectivity index (χ1n) is 9.88. The predicted octanol–water partition coefficient (Wildman–Crippen LogP) is 4.86. The molecule has 0 fully saturated rings. The van der Waals surface area contributed by atoms with Crippen LogP contribution in [0.2, 0.25) is 18.1 Å². The van der Waals surface area contributed by atoms with Crippen molar-refractivity contribution in [3.8, 4) is 0 Å². The molecule has 0 saturated carbocycles. The van der Waals surface area contributed by atoms with E-state index in [9.17, 15) is 9.90 Å². The van der Waals surface area contributed by atoms with Crippen LogP contribution in [0.25, 0.3) is 0 Å². The molecule has 0 unspecified atom stereocenters. The number of ether oxygens (including phenoxy) is 1. The van der Waals surface area contributed by atoms with Gasteiger partial charge in [0.2, 0.25) is 0 Å². The van der Waals surface area contributed by atoms with Crippen molar-refractivity contribution in [2.45, 2.75) is 77.3 Å². The molecule has 1 atom stereocenters. The number of alkyl carbamates (subject to hydrolysis) is 1. The summed E-state index contributed by atoms with van der Waals surface area (Å²) in [5, 5.41) is 13.0. The summed E-state index contributed by atoms with van der Waals surface area (Å²) >= 11 is 0. The highest BCUT2D eigenvalue weighted by Crippen LogP contribution is 2.36. The van der Waals surface area contributed by atoms with Gasteiger partial charge in [-0.1, -0.05) is 51.1 Å². The minimum atomic E-state index is -1.73. The van der Waals surface area contributed by atoms with Crippen LogP contribution in [0, 0.1) is 0 Å². The summed E-state index contributed by atoms with van der Waals surface area (Å²) in [6.45, 7) is 12.5. The zero-order chi connectivity index (χ0) is 20.3. The van der Waals surface area contributed by atoms with Crippen LogP contribution in [-0.4, -0.2) is 38.8 Å². The van der Waals surface area contributed by atoms with Gasteiger partial charge >= 0.3 is 6.09 Å². The Morgan fingerprint density at radius 3 is 2.44 bits per heavy atom. The third kappa shape index (κ3) is 9.93. The van der Waals surface area contributed by atoms with Gasteiger partial charge in [-0.05, 0) is 49.4 Å². The van der Waals surface area contributed by atoms with Gasteiger partial charge in [0.25, 0.3) is 0 Å². The molecule has 0 saturated heterocycles. The Morgan fingerprint density at radius 2 is 1.81 bits per heavy atom. The van der Waals surface area contributed by atoms with Crippen molar-refractivity contribution in [3.05, 3.63) is 35.9 Å². The molecule has 6 heteroatoms. The predicted molar refractivity (Wildman–Crippen MR) is 112 cm³/mol. The summed E-state index contributed by atoms with van der Waals surface area (Å²) < 4.78 is 11.2. The number of carbonyl (C=O) groups is 1. The average molecular weight is 396 g/mol. The lowest BCUT2D eigenvalue weighted by Crippen LogP contribution is -2.41. The van der Waals surface area contributed by atoms with Gasteiger partial charge in [-0.15, -0.1) is 0 Å². The van der Waals surface area contributed by atoms with Gasteiger partial charge < -0.3 is 19.6 Å². The van der Waals surface area contributed by atoms with E-state index in [1.807, 2.05) is 30.3 Å². The van der Waals surface area contributed by atoms with E-state index in [0.717, 1.165) is 24.8 Å². The lowest BCUT2D eigenvalue weighted by molar-refractivity contribution is 0.124. The maximum absolute atomic E-state index is 11.6. The van der Waals surface area contributed by atoms with Crippen molar-refractivity contribution in [1.29, 1.82) is 0 Å². The van der Waals surface area contributed by atoms with Gasteiger partial charge in [0.15, 0.2) is 8.32 Å². The number of hydrogen-bond acceptors (Lipinski definition) is 4. The van der Waals surface area contributed by atoms with Gasteiger partial charge in [0.05, 0.1) is 6.10 Å². The molecule has 0 aliphatic carbocycles. The molecule has 154 valence electrons. The second-order valence-electron chi connectivity index (χ2n) is 8.54. The lowest BCUT2D eigenvalue weighted by Gasteiger charge is -2.36. The molecule has 0 spiro atoms. The number of carbonyl (C=O) groups excluding carboxylic acids is 1. The summed E-state index contributed by atoms with van der Waals surface area (Å²) in [5.74, 6) is 0. The number of unbranched alkanes of at least 4 members (excludes halogenated alkanes) is 1. The average Bonchev–Trinajstić information content (AvgIpc) is 2.59. The van der Waals surface area contributed by atoms with Gasteiger partial charge in [-0.25, -0.2) is 4.79 Å². The van der Waals surface area contributed by atoms with Crippen molar-refractivity contribution in [3.63, 3.8) is 0 Å². The van der Waals surface area contributed by atoms with E-state index >= 15 is 0 Å². The van der Waals surface area contributed by atoms with Crippen LogP contribution >= 0.6 is 0 Å². The fourth-order valence-electron chi connectivity index (χ4n) is 2.28. The second-order valence-corrected chi connectivity index (χ2v) is 13.3. The van der Waals surface area contributed by atoms with Gasteiger partial charge in [-0.3, -0.25) is 0 Å². The molecule has 0 heterocycles. The molecule has 1 aromatic carbocycles. The van der Waals surface area contributed by atoms with Gasteiger partial charge in [-0.2, -0.15) is 0 Å². The summed E-state index contributed by atoms with van der Waals surface area (Å²) in [6, 6.07) is 9.60. The third-order valence-corrected chi connectivity index (χ3v) is 9.70. The number of aliphatic hydroxyl groups is 1. The van der Waals surface area contributed by atoms with E-state index < -0.39 is 14.4 Å². The molecule has 0 aromatic heterocycles. The summed E-state index contributed by atoms with van der Waals surface area (Å²) in [6.07, 6.45) is 2.32. The molecule has 2 N–H and O–H groups in total.